The second kappa shape index (κ2) is 8.39. The number of benzene rings is 2. The number of rotatable bonds is 5. The van der Waals surface area contributed by atoms with Crippen molar-refractivity contribution in [2.45, 2.75) is 13.1 Å². The fourth-order valence-corrected chi connectivity index (χ4v) is 2.34. The molecule has 27 heavy (non-hydrogen) atoms. The number of aryl methyl sites for hydroxylation is 1. The highest BCUT2D eigenvalue weighted by Crippen LogP contribution is 2.27. The highest BCUT2D eigenvalue weighted by molar-refractivity contribution is 6.27. The lowest BCUT2D eigenvalue weighted by Gasteiger charge is -2.15. The Balaban J connectivity index is 2.37. The molecule has 0 saturated carbocycles. The van der Waals surface area contributed by atoms with Crippen LogP contribution < -0.4 is 16.4 Å². The van der Waals surface area contributed by atoms with Crippen LogP contribution in [0.15, 0.2) is 65.3 Å². The van der Waals surface area contributed by atoms with E-state index in [0.717, 1.165) is 11.3 Å². The van der Waals surface area contributed by atoms with Crippen LogP contribution in [0.2, 0.25) is 0 Å². The number of nitrogens with one attached hydrogen (secondary N) is 2. The van der Waals surface area contributed by atoms with Gasteiger partial charge in [0.1, 0.15) is 0 Å². The number of halogens is 3. The molecular weight excluding hydrogens is 357 g/mol. The lowest BCUT2D eigenvalue weighted by molar-refractivity contribution is -0.113. The molecule has 0 unspecified atom stereocenters. The van der Waals surface area contributed by atoms with Crippen molar-refractivity contribution in [3.8, 4) is 0 Å². The average Bonchev–Trinajstić information content (AvgIpc) is 2.63. The third-order valence-electron chi connectivity index (χ3n) is 3.70. The van der Waals surface area contributed by atoms with Gasteiger partial charge in [-0.05, 0) is 36.8 Å². The third-order valence-corrected chi connectivity index (χ3v) is 3.70. The second-order valence-corrected chi connectivity index (χ2v) is 5.61. The van der Waals surface area contributed by atoms with E-state index in [-0.39, 0.29) is 5.69 Å². The first-order chi connectivity index (χ1) is 12.8. The van der Waals surface area contributed by atoms with E-state index in [2.05, 4.69) is 15.6 Å². The Morgan fingerprint density at radius 3 is 2.37 bits per heavy atom. The molecule has 0 atom stereocenters. The number of hydrogen-bond donors (Lipinski definition) is 3. The maximum Gasteiger partial charge on any atom is 0.434 e. The number of para-hydroxylation sites is 1. The van der Waals surface area contributed by atoms with Gasteiger partial charge >= 0.3 is 6.18 Å². The van der Waals surface area contributed by atoms with Crippen molar-refractivity contribution >= 4 is 28.7 Å². The standard InChI is InChI=1S/C19H19F3N4O/c1-12-8-9-14(10-16(12)24-2)26-18(27)15(11-23)17(19(20,21)22)25-13-6-4-3-5-7-13/h3-11,24H,23H2,1-2H3,(H,26,27). The zero-order valence-electron chi connectivity index (χ0n) is 14.8. The van der Waals surface area contributed by atoms with Crippen LogP contribution in [-0.2, 0) is 4.79 Å². The lowest BCUT2D eigenvalue weighted by Crippen LogP contribution is -2.32. The molecule has 0 aliphatic heterocycles. The number of nitrogens with zero attached hydrogens (tertiary/aromatic N) is 1. The Morgan fingerprint density at radius 1 is 1.15 bits per heavy atom. The van der Waals surface area contributed by atoms with Gasteiger partial charge in [0.15, 0.2) is 5.71 Å². The predicted molar refractivity (Wildman–Crippen MR) is 101 cm³/mol. The fraction of sp³-hybridized carbons (Fsp3) is 0.158. The molecule has 0 heterocycles. The quantitative estimate of drug-likeness (QED) is 0.542. The van der Waals surface area contributed by atoms with E-state index in [1.54, 1.807) is 43.4 Å². The van der Waals surface area contributed by atoms with Gasteiger partial charge in [-0.3, -0.25) is 4.79 Å². The minimum atomic E-state index is -4.86. The molecule has 0 aliphatic rings. The van der Waals surface area contributed by atoms with Gasteiger partial charge in [0, 0.05) is 24.6 Å². The number of anilines is 2. The molecule has 0 spiro atoms. The number of carbonyl (C=O) groups excluding carboxylic acids is 1. The Hall–Kier alpha value is -3.29. The summed E-state index contributed by atoms with van der Waals surface area (Å²) in [7, 11) is 1.70. The smallest absolute Gasteiger partial charge is 0.404 e. The molecule has 0 aromatic heterocycles. The first-order valence-electron chi connectivity index (χ1n) is 7.99. The number of nitrogens with two attached hydrogens (primary N) is 1. The Bertz CT molecular complexity index is 874. The van der Waals surface area contributed by atoms with Crippen molar-refractivity contribution in [2.24, 2.45) is 10.7 Å². The first-order valence-corrected chi connectivity index (χ1v) is 7.99. The Kier molecular flexibility index (Phi) is 6.23. The molecule has 4 N–H and O–H groups in total. The lowest BCUT2D eigenvalue weighted by atomic mass is 10.1. The van der Waals surface area contributed by atoms with Crippen LogP contribution in [0.25, 0.3) is 0 Å². The van der Waals surface area contributed by atoms with Crippen molar-refractivity contribution in [3.05, 3.63) is 65.9 Å². The summed E-state index contributed by atoms with van der Waals surface area (Å²) in [5.41, 5.74) is 5.26. The van der Waals surface area contributed by atoms with E-state index < -0.39 is 23.4 Å². The Labute approximate surface area is 154 Å². The minimum Gasteiger partial charge on any atom is -0.404 e. The molecular formula is C19H19F3N4O. The van der Waals surface area contributed by atoms with Crippen molar-refractivity contribution in [2.75, 3.05) is 17.7 Å². The van der Waals surface area contributed by atoms with Crippen LogP contribution in [0, 0.1) is 6.92 Å². The zero-order valence-corrected chi connectivity index (χ0v) is 14.8. The maximum absolute atomic E-state index is 13.5. The first kappa shape index (κ1) is 20.0. The summed E-state index contributed by atoms with van der Waals surface area (Å²) >= 11 is 0. The SMILES string of the molecule is CNc1cc(NC(=O)C(=CN)C(=Nc2ccccc2)C(F)(F)F)ccc1C. The molecule has 0 fully saturated rings. The van der Waals surface area contributed by atoms with E-state index in [1.807, 2.05) is 6.92 Å². The molecule has 1 amide bonds. The molecule has 8 heteroatoms. The van der Waals surface area contributed by atoms with E-state index in [1.165, 1.54) is 12.1 Å². The van der Waals surface area contributed by atoms with E-state index in [0.29, 0.717) is 11.9 Å². The van der Waals surface area contributed by atoms with Crippen LogP contribution in [0.1, 0.15) is 5.56 Å². The van der Waals surface area contributed by atoms with Crippen LogP contribution >= 0.6 is 0 Å². The van der Waals surface area contributed by atoms with Crippen LogP contribution in [0.4, 0.5) is 30.2 Å². The van der Waals surface area contributed by atoms with Crippen molar-refractivity contribution in [3.63, 3.8) is 0 Å². The topological polar surface area (TPSA) is 79.5 Å². The van der Waals surface area contributed by atoms with Gasteiger partial charge in [-0.2, -0.15) is 13.2 Å². The van der Waals surface area contributed by atoms with Gasteiger partial charge in [0.2, 0.25) is 0 Å². The molecule has 5 nitrogen and oxygen atoms in total. The maximum atomic E-state index is 13.5. The number of amides is 1. The molecule has 0 bridgehead atoms. The van der Waals surface area contributed by atoms with Crippen LogP contribution in [-0.4, -0.2) is 24.8 Å². The van der Waals surface area contributed by atoms with Gasteiger partial charge in [-0.25, -0.2) is 4.99 Å². The number of alkyl halides is 3. The van der Waals surface area contributed by atoms with E-state index >= 15 is 0 Å². The van der Waals surface area contributed by atoms with E-state index in [4.69, 9.17) is 5.73 Å². The summed E-state index contributed by atoms with van der Waals surface area (Å²) < 4.78 is 40.5. The predicted octanol–water partition coefficient (Wildman–Crippen LogP) is 4.15. The largest absolute Gasteiger partial charge is 0.434 e. The Morgan fingerprint density at radius 2 is 1.81 bits per heavy atom. The normalized spacial score (nSPS) is 12.6. The molecule has 2 aromatic rings. The highest BCUT2D eigenvalue weighted by atomic mass is 19.4. The van der Waals surface area contributed by atoms with Crippen molar-refractivity contribution < 1.29 is 18.0 Å². The zero-order chi connectivity index (χ0) is 20.0. The average molecular weight is 376 g/mol. The monoisotopic (exact) mass is 376 g/mol. The van der Waals surface area contributed by atoms with Gasteiger partial charge in [0.25, 0.3) is 5.91 Å². The number of hydrogen-bond acceptors (Lipinski definition) is 4. The summed E-state index contributed by atoms with van der Waals surface area (Å²) in [5.74, 6) is -1.00. The van der Waals surface area contributed by atoms with Crippen LogP contribution in [0.3, 0.4) is 0 Å². The highest BCUT2D eigenvalue weighted by Gasteiger charge is 2.40. The van der Waals surface area contributed by atoms with Gasteiger partial charge in [-0.1, -0.05) is 24.3 Å². The van der Waals surface area contributed by atoms with Crippen molar-refractivity contribution in [1.29, 1.82) is 0 Å². The van der Waals surface area contributed by atoms with Gasteiger partial charge in [-0.15, -0.1) is 0 Å². The molecule has 0 aliphatic carbocycles. The summed E-state index contributed by atoms with van der Waals surface area (Å²) in [4.78, 5) is 16.0. The summed E-state index contributed by atoms with van der Waals surface area (Å²) in [6, 6.07) is 12.5. The summed E-state index contributed by atoms with van der Waals surface area (Å²) in [6.07, 6.45) is -4.25. The van der Waals surface area contributed by atoms with Gasteiger partial charge < -0.3 is 16.4 Å². The molecule has 2 aromatic carbocycles. The molecule has 142 valence electrons. The second-order valence-electron chi connectivity index (χ2n) is 5.61. The van der Waals surface area contributed by atoms with Gasteiger partial charge in [0.05, 0.1) is 11.3 Å². The molecule has 0 radical (unpaired) electrons. The third kappa shape index (κ3) is 5.10. The summed E-state index contributed by atoms with van der Waals surface area (Å²) in [5, 5.41) is 5.36. The number of carbonyl (C=O) groups is 1. The summed E-state index contributed by atoms with van der Waals surface area (Å²) in [6.45, 7) is 1.86. The number of aliphatic imine (C=N–C) groups is 1. The fourth-order valence-electron chi connectivity index (χ4n) is 2.34. The van der Waals surface area contributed by atoms with Crippen LogP contribution in [0.5, 0.6) is 0 Å². The van der Waals surface area contributed by atoms with Crippen molar-refractivity contribution in [1.82, 2.24) is 0 Å². The minimum absolute atomic E-state index is 0.0600. The molecule has 2 rings (SSSR count). The van der Waals surface area contributed by atoms with E-state index in [9.17, 15) is 18.0 Å². The molecule has 0 saturated heterocycles.